The van der Waals surface area contributed by atoms with Gasteiger partial charge in [0.25, 0.3) is 0 Å². The number of rotatable bonds is 4. The topological polar surface area (TPSA) is 72.6 Å². The van der Waals surface area contributed by atoms with Crippen molar-refractivity contribution in [2.45, 2.75) is 32.8 Å². The second-order valence-electron chi connectivity index (χ2n) is 5.13. The maximum Gasteiger partial charge on any atom is 0.349 e. The lowest BCUT2D eigenvalue weighted by Crippen LogP contribution is -2.08. The molecule has 0 bridgehead atoms. The van der Waals surface area contributed by atoms with Crippen molar-refractivity contribution >= 4 is 17.3 Å². The van der Waals surface area contributed by atoms with E-state index in [1.807, 2.05) is 20.8 Å². The van der Waals surface area contributed by atoms with Gasteiger partial charge in [-0.1, -0.05) is 25.9 Å². The maximum absolute atomic E-state index is 11.2. The molecular formula is C13H15NO4S. The Morgan fingerprint density at radius 1 is 1.53 bits per heavy atom. The first-order valence-electron chi connectivity index (χ1n) is 5.78. The van der Waals surface area contributed by atoms with Gasteiger partial charge in [0.15, 0.2) is 10.6 Å². The Hall–Kier alpha value is -1.82. The van der Waals surface area contributed by atoms with Crippen molar-refractivity contribution in [3.8, 4) is 5.75 Å². The highest BCUT2D eigenvalue weighted by Gasteiger charge is 2.23. The number of ether oxygens (including phenoxy) is 1. The molecule has 0 spiro atoms. The Kier molecular flexibility index (Phi) is 3.61. The number of carboxylic acids is 1. The van der Waals surface area contributed by atoms with E-state index in [-0.39, 0.29) is 16.9 Å². The van der Waals surface area contributed by atoms with Gasteiger partial charge in [0.05, 0.1) is 6.20 Å². The van der Waals surface area contributed by atoms with Crippen molar-refractivity contribution in [3.05, 3.63) is 33.8 Å². The van der Waals surface area contributed by atoms with Crippen LogP contribution in [0, 0.1) is 0 Å². The number of aromatic nitrogens is 1. The van der Waals surface area contributed by atoms with E-state index in [1.54, 1.807) is 12.1 Å². The first-order chi connectivity index (χ1) is 8.88. The second kappa shape index (κ2) is 5.05. The Bertz CT molecular complexity index is 566. The van der Waals surface area contributed by atoms with Crippen molar-refractivity contribution in [2.75, 3.05) is 0 Å². The van der Waals surface area contributed by atoms with E-state index in [4.69, 9.17) is 9.26 Å². The molecule has 0 aliphatic heterocycles. The second-order valence-corrected chi connectivity index (χ2v) is 6.18. The van der Waals surface area contributed by atoms with Crippen molar-refractivity contribution < 1.29 is 19.2 Å². The highest BCUT2D eigenvalue weighted by atomic mass is 32.1. The van der Waals surface area contributed by atoms with Crippen LogP contribution in [0.4, 0.5) is 0 Å². The summed E-state index contributed by atoms with van der Waals surface area (Å²) in [6.07, 6.45) is 1.52. The van der Waals surface area contributed by atoms with Crippen molar-refractivity contribution in [2.24, 2.45) is 0 Å². The Balaban J connectivity index is 2.23. The van der Waals surface area contributed by atoms with Crippen LogP contribution in [0.5, 0.6) is 5.75 Å². The quantitative estimate of drug-likeness (QED) is 0.930. The fourth-order valence-corrected chi connectivity index (χ4v) is 2.46. The van der Waals surface area contributed by atoms with Crippen LogP contribution in [-0.2, 0) is 12.0 Å². The number of aromatic carboxylic acids is 1. The molecule has 0 saturated carbocycles. The van der Waals surface area contributed by atoms with Crippen LogP contribution in [-0.4, -0.2) is 16.2 Å². The molecule has 0 amide bonds. The Labute approximate surface area is 114 Å². The predicted octanol–water partition coefficient (Wildman–Crippen LogP) is 3.31. The van der Waals surface area contributed by atoms with Gasteiger partial charge < -0.3 is 14.4 Å². The van der Waals surface area contributed by atoms with E-state index in [1.165, 1.54) is 17.5 Å². The van der Waals surface area contributed by atoms with Gasteiger partial charge in [-0.3, -0.25) is 0 Å². The number of hydrogen-bond donors (Lipinski definition) is 1. The average Bonchev–Trinajstić information content (AvgIpc) is 2.94. The van der Waals surface area contributed by atoms with Crippen LogP contribution in [0.3, 0.4) is 0 Å². The van der Waals surface area contributed by atoms with E-state index in [9.17, 15) is 9.90 Å². The summed E-state index contributed by atoms with van der Waals surface area (Å²) in [5.74, 6) is -0.0493. The average molecular weight is 281 g/mol. The largest absolute Gasteiger partial charge is 0.484 e. The number of thiophene rings is 1. The van der Waals surface area contributed by atoms with Gasteiger partial charge in [0.1, 0.15) is 12.4 Å². The maximum atomic E-state index is 11.2. The number of carboxylic acid groups (broad SMARTS) is 1. The lowest BCUT2D eigenvalue weighted by Gasteiger charge is -2.14. The van der Waals surface area contributed by atoms with Crippen LogP contribution >= 0.6 is 11.3 Å². The Morgan fingerprint density at radius 3 is 2.79 bits per heavy atom. The molecule has 19 heavy (non-hydrogen) atoms. The minimum Gasteiger partial charge on any atom is -0.484 e. The first kappa shape index (κ1) is 13.6. The molecule has 5 nitrogen and oxygen atoms in total. The summed E-state index contributed by atoms with van der Waals surface area (Å²) < 4.78 is 10.4. The fourth-order valence-electron chi connectivity index (χ4n) is 1.47. The Morgan fingerprint density at radius 2 is 2.26 bits per heavy atom. The molecule has 0 atom stereocenters. The first-order valence-corrected chi connectivity index (χ1v) is 6.59. The van der Waals surface area contributed by atoms with Crippen LogP contribution in [0.25, 0.3) is 0 Å². The molecule has 0 radical (unpaired) electrons. The molecule has 1 N–H and O–H groups in total. The minimum absolute atomic E-state index is 0.108. The van der Waals surface area contributed by atoms with E-state index in [2.05, 4.69) is 5.16 Å². The summed E-state index contributed by atoms with van der Waals surface area (Å²) in [5.41, 5.74) is -0.108. The minimum atomic E-state index is -0.979. The SMILES string of the molecule is CC(C)(C)c1cc(OCc2ccno2)c(C(=O)O)s1. The molecule has 2 heterocycles. The number of carbonyl (C=O) groups is 1. The highest BCUT2D eigenvalue weighted by Crippen LogP contribution is 2.37. The van der Waals surface area contributed by atoms with Crippen LogP contribution in [0.15, 0.2) is 22.9 Å². The standard InChI is InChI=1S/C13H15NO4S/c1-13(2,3)10-6-9(11(19-10)12(15)16)17-7-8-4-5-14-18-8/h4-6H,7H2,1-3H3,(H,15,16). The third-order valence-corrected chi connectivity index (χ3v) is 4.02. The van der Waals surface area contributed by atoms with Gasteiger partial charge in [-0.25, -0.2) is 4.79 Å². The fraction of sp³-hybridized carbons (Fsp3) is 0.385. The molecule has 0 fully saturated rings. The summed E-state index contributed by atoms with van der Waals surface area (Å²) in [7, 11) is 0. The molecule has 2 aromatic rings. The molecule has 2 rings (SSSR count). The van der Waals surface area contributed by atoms with Crippen LogP contribution in [0.1, 0.15) is 41.1 Å². The monoisotopic (exact) mass is 281 g/mol. The molecule has 6 heteroatoms. The zero-order valence-electron chi connectivity index (χ0n) is 11.0. The zero-order valence-corrected chi connectivity index (χ0v) is 11.8. The van der Waals surface area contributed by atoms with Gasteiger partial charge in [-0.2, -0.15) is 0 Å². The molecule has 0 aliphatic carbocycles. The number of nitrogens with zero attached hydrogens (tertiary/aromatic N) is 1. The van der Waals surface area contributed by atoms with Gasteiger partial charge in [0, 0.05) is 10.9 Å². The lowest BCUT2D eigenvalue weighted by atomic mass is 9.95. The molecule has 2 aromatic heterocycles. The van der Waals surface area contributed by atoms with E-state index < -0.39 is 5.97 Å². The summed E-state index contributed by atoms with van der Waals surface area (Å²) >= 11 is 1.24. The van der Waals surface area contributed by atoms with E-state index in [0.717, 1.165) is 4.88 Å². The summed E-state index contributed by atoms with van der Waals surface area (Å²) in [5, 5.41) is 12.8. The zero-order chi connectivity index (χ0) is 14.0. The third-order valence-electron chi connectivity index (χ3n) is 2.49. The molecule has 0 unspecified atom stereocenters. The third kappa shape index (κ3) is 3.14. The molecular weight excluding hydrogens is 266 g/mol. The normalized spacial score (nSPS) is 11.5. The highest BCUT2D eigenvalue weighted by molar-refractivity contribution is 7.14. The van der Waals surface area contributed by atoms with Crippen molar-refractivity contribution in [3.63, 3.8) is 0 Å². The van der Waals surface area contributed by atoms with Gasteiger partial charge in [-0.15, -0.1) is 11.3 Å². The summed E-state index contributed by atoms with van der Waals surface area (Å²) in [6.45, 7) is 6.26. The summed E-state index contributed by atoms with van der Waals surface area (Å²) in [4.78, 5) is 12.4. The molecule has 0 saturated heterocycles. The molecule has 102 valence electrons. The van der Waals surface area contributed by atoms with Crippen molar-refractivity contribution in [1.29, 1.82) is 0 Å². The predicted molar refractivity (Wildman–Crippen MR) is 70.8 cm³/mol. The van der Waals surface area contributed by atoms with Gasteiger partial charge >= 0.3 is 5.97 Å². The van der Waals surface area contributed by atoms with E-state index >= 15 is 0 Å². The van der Waals surface area contributed by atoms with Gasteiger partial charge in [-0.05, 0) is 11.5 Å². The van der Waals surface area contributed by atoms with Crippen molar-refractivity contribution in [1.82, 2.24) is 5.16 Å². The van der Waals surface area contributed by atoms with Gasteiger partial charge in [0.2, 0.25) is 0 Å². The molecule has 0 aliphatic rings. The van der Waals surface area contributed by atoms with Crippen LogP contribution in [0.2, 0.25) is 0 Å². The van der Waals surface area contributed by atoms with Crippen LogP contribution < -0.4 is 4.74 Å². The summed E-state index contributed by atoms with van der Waals surface area (Å²) in [6, 6.07) is 3.46. The lowest BCUT2D eigenvalue weighted by molar-refractivity contribution is 0.0697. The number of hydrogen-bond acceptors (Lipinski definition) is 5. The smallest absolute Gasteiger partial charge is 0.349 e. The van der Waals surface area contributed by atoms with E-state index in [0.29, 0.717) is 11.5 Å². The molecule has 0 aromatic carbocycles.